The zero-order valence-corrected chi connectivity index (χ0v) is 14.2. The van der Waals surface area contributed by atoms with Gasteiger partial charge in [-0.3, -0.25) is 0 Å². The fraction of sp³-hybridized carbons (Fsp3) is 0.526. The maximum atomic E-state index is 6.12. The largest absolute Gasteiger partial charge is 0.473 e. The maximum Gasteiger partial charge on any atom is 0.212 e. The Morgan fingerprint density at radius 2 is 2.00 bits per heavy atom. The van der Waals surface area contributed by atoms with Crippen LogP contribution in [0.15, 0.2) is 36.4 Å². The van der Waals surface area contributed by atoms with Gasteiger partial charge in [-0.05, 0) is 31.4 Å². The summed E-state index contributed by atoms with van der Waals surface area (Å²) in [5, 5.41) is 8.00. The van der Waals surface area contributed by atoms with Gasteiger partial charge in [-0.15, -0.1) is 0 Å². The molecule has 0 saturated heterocycles. The van der Waals surface area contributed by atoms with Crippen LogP contribution in [0.25, 0.3) is 0 Å². The van der Waals surface area contributed by atoms with Crippen LogP contribution in [-0.2, 0) is 13.2 Å². The smallest absolute Gasteiger partial charge is 0.212 e. The van der Waals surface area contributed by atoms with Gasteiger partial charge < -0.3 is 10.1 Å². The summed E-state index contributed by atoms with van der Waals surface area (Å²) in [6.45, 7) is 3.70. The molecular weight excluding hydrogens is 286 g/mol. The molecule has 1 fully saturated rings. The van der Waals surface area contributed by atoms with Crippen molar-refractivity contribution in [1.82, 2.24) is 15.1 Å². The van der Waals surface area contributed by atoms with Crippen LogP contribution in [0.4, 0.5) is 0 Å². The van der Waals surface area contributed by atoms with E-state index in [2.05, 4.69) is 35.1 Å². The number of hydrogen-bond acceptors (Lipinski definition) is 3. The Hall–Kier alpha value is -1.81. The summed E-state index contributed by atoms with van der Waals surface area (Å²) in [6.07, 6.45) is 5.10. The number of hydrogen-bond donors (Lipinski definition) is 1. The van der Waals surface area contributed by atoms with Gasteiger partial charge in [0.15, 0.2) is 0 Å². The lowest BCUT2D eigenvalue weighted by Crippen LogP contribution is -2.23. The highest BCUT2D eigenvalue weighted by molar-refractivity contribution is 5.19. The molecule has 4 nitrogen and oxygen atoms in total. The molecule has 1 N–H and O–H groups in total. The van der Waals surface area contributed by atoms with Crippen molar-refractivity contribution < 1.29 is 4.74 Å². The quantitative estimate of drug-likeness (QED) is 0.878. The van der Waals surface area contributed by atoms with Gasteiger partial charge in [0.1, 0.15) is 6.61 Å². The molecule has 2 aromatic rings. The first kappa shape index (κ1) is 16.1. The molecule has 4 heteroatoms. The van der Waals surface area contributed by atoms with Crippen LogP contribution in [0.3, 0.4) is 0 Å². The number of nitrogens with one attached hydrogen (secondary N) is 1. The number of nitrogens with zero attached hydrogens (tertiary/aromatic N) is 2. The van der Waals surface area contributed by atoms with Crippen molar-refractivity contribution in [3.8, 4) is 5.88 Å². The molecule has 1 aromatic carbocycles. The highest BCUT2D eigenvalue weighted by Crippen LogP contribution is 2.36. The first-order valence-corrected chi connectivity index (χ1v) is 8.67. The Morgan fingerprint density at radius 3 is 2.74 bits per heavy atom. The molecule has 0 aliphatic heterocycles. The van der Waals surface area contributed by atoms with Crippen molar-refractivity contribution in [3.05, 3.63) is 47.7 Å². The monoisotopic (exact) mass is 313 g/mol. The lowest BCUT2D eigenvalue weighted by Gasteiger charge is -2.29. The van der Waals surface area contributed by atoms with Crippen LogP contribution in [-0.4, -0.2) is 16.8 Å². The Morgan fingerprint density at radius 1 is 1.22 bits per heavy atom. The van der Waals surface area contributed by atoms with Gasteiger partial charge in [0.2, 0.25) is 5.88 Å². The summed E-state index contributed by atoms with van der Waals surface area (Å²) in [6, 6.07) is 12.9. The van der Waals surface area contributed by atoms with E-state index in [0.717, 1.165) is 18.1 Å². The van der Waals surface area contributed by atoms with Gasteiger partial charge in [-0.1, -0.05) is 50.1 Å². The van der Waals surface area contributed by atoms with Crippen molar-refractivity contribution >= 4 is 0 Å². The molecule has 1 aliphatic rings. The summed E-state index contributed by atoms with van der Waals surface area (Å²) < 4.78 is 8.26. The maximum absolute atomic E-state index is 6.12. The molecule has 124 valence electrons. The summed E-state index contributed by atoms with van der Waals surface area (Å²) in [7, 11) is 1.95. The van der Waals surface area contributed by atoms with Gasteiger partial charge in [0.05, 0.1) is 11.7 Å². The van der Waals surface area contributed by atoms with Crippen LogP contribution >= 0.6 is 0 Å². The summed E-state index contributed by atoms with van der Waals surface area (Å²) in [4.78, 5) is 0. The lowest BCUT2D eigenvalue weighted by molar-refractivity contribution is 0.198. The first-order valence-electron chi connectivity index (χ1n) is 8.67. The normalized spacial score (nSPS) is 21.3. The number of rotatable bonds is 6. The second-order valence-corrected chi connectivity index (χ2v) is 6.55. The van der Waals surface area contributed by atoms with Crippen molar-refractivity contribution in [2.75, 3.05) is 7.05 Å². The molecule has 0 unspecified atom stereocenters. The van der Waals surface area contributed by atoms with Gasteiger partial charge in [0, 0.05) is 12.6 Å². The third kappa shape index (κ3) is 3.94. The fourth-order valence-electron chi connectivity index (χ4n) is 3.43. The highest BCUT2D eigenvalue weighted by atomic mass is 16.5. The van der Waals surface area contributed by atoms with E-state index in [4.69, 9.17) is 9.84 Å². The topological polar surface area (TPSA) is 39.1 Å². The fourth-order valence-corrected chi connectivity index (χ4v) is 3.43. The molecule has 0 spiro atoms. The predicted octanol–water partition coefficient (Wildman–Crippen LogP) is 3.93. The van der Waals surface area contributed by atoms with Crippen molar-refractivity contribution in [2.24, 2.45) is 5.92 Å². The van der Waals surface area contributed by atoms with Crippen molar-refractivity contribution in [1.29, 1.82) is 0 Å². The van der Waals surface area contributed by atoms with Crippen molar-refractivity contribution in [3.63, 3.8) is 0 Å². The number of aromatic nitrogens is 2. The van der Waals surface area contributed by atoms with E-state index < -0.39 is 0 Å². The van der Waals surface area contributed by atoms with E-state index in [9.17, 15) is 0 Å². The minimum Gasteiger partial charge on any atom is -0.473 e. The van der Waals surface area contributed by atoms with Crippen LogP contribution in [0.1, 0.15) is 49.9 Å². The Kier molecular flexibility index (Phi) is 5.34. The molecule has 0 bridgehead atoms. The molecule has 1 aromatic heterocycles. The minimum absolute atomic E-state index is 0.458. The standard InChI is InChI=1S/C19H27N3O/c1-15-8-6-7-11-18(15)22-19(12-17(21-22)13-20-2)23-14-16-9-4-3-5-10-16/h3-5,9-10,12,15,18,20H,6-8,11,13-14H2,1-2H3/t15-,18-/m1/s1. The van der Waals surface area contributed by atoms with Gasteiger partial charge in [-0.25, -0.2) is 4.68 Å². The third-order valence-electron chi connectivity index (χ3n) is 4.72. The molecular formula is C19H27N3O. The molecule has 3 rings (SSSR count). The number of ether oxygens (including phenoxy) is 1. The molecule has 0 amide bonds. The summed E-state index contributed by atoms with van der Waals surface area (Å²) >= 11 is 0. The lowest BCUT2D eigenvalue weighted by atomic mass is 9.86. The molecule has 1 heterocycles. The Labute approximate surface area is 138 Å². The minimum atomic E-state index is 0.458. The Bertz CT molecular complexity index is 608. The van der Waals surface area contributed by atoms with E-state index in [1.165, 1.54) is 31.2 Å². The zero-order chi connectivity index (χ0) is 16.1. The van der Waals surface area contributed by atoms with Gasteiger partial charge in [0.25, 0.3) is 0 Å². The second kappa shape index (κ2) is 7.64. The highest BCUT2D eigenvalue weighted by Gasteiger charge is 2.26. The Balaban J connectivity index is 1.79. The van der Waals surface area contributed by atoms with Crippen LogP contribution in [0, 0.1) is 5.92 Å². The second-order valence-electron chi connectivity index (χ2n) is 6.55. The average Bonchev–Trinajstić information content (AvgIpc) is 2.97. The average molecular weight is 313 g/mol. The predicted molar refractivity (Wildman–Crippen MR) is 92.4 cm³/mol. The zero-order valence-electron chi connectivity index (χ0n) is 14.2. The molecule has 23 heavy (non-hydrogen) atoms. The van der Waals surface area contributed by atoms with Gasteiger partial charge >= 0.3 is 0 Å². The van der Waals surface area contributed by atoms with E-state index in [0.29, 0.717) is 18.6 Å². The van der Waals surface area contributed by atoms with E-state index in [-0.39, 0.29) is 0 Å². The van der Waals surface area contributed by atoms with Crippen LogP contribution in [0.2, 0.25) is 0 Å². The molecule has 1 aliphatic carbocycles. The molecule has 2 atom stereocenters. The van der Waals surface area contributed by atoms with E-state index in [1.54, 1.807) is 0 Å². The van der Waals surface area contributed by atoms with E-state index >= 15 is 0 Å². The summed E-state index contributed by atoms with van der Waals surface area (Å²) in [5.74, 6) is 1.56. The van der Waals surface area contributed by atoms with E-state index in [1.807, 2.05) is 25.2 Å². The van der Waals surface area contributed by atoms with Gasteiger partial charge in [-0.2, -0.15) is 5.10 Å². The third-order valence-corrected chi connectivity index (χ3v) is 4.72. The molecule has 0 radical (unpaired) electrons. The van der Waals surface area contributed by atoms with Crippen LogP contribution in [0.5, 0.6) is 5.88 Å². The first-order chi connectivity index (χ1) is 11.3. The van der Waals surface area contributed by atoms with Crippen LogP contribution < -0.4 is 10.1 Å². The summed E-state index contributed by atoms with van der Waals surface area (Å²) in [5.41, 5.74) is 2.24. The number of benzene rings is 1. The van der Waals surface area contributed by atoms with Crippen molar-refractivity contribution in [2.45, 2.75) is 51.8 Å². The SMILES string of the molecule is CNCc1cc(OCc2ccccc2)n([C@@H]2CCCC[C@H]2C)n1. The molecule has 1 saturated carbocycles.